The van der Waals surface area contributed by atoms with Gasteiger partial charge in [0.15, 0.2) is 0 Å². The van der Waals surface area contributed by atoms with Gasteiger partial charge in [-0.15, -0.1) is 0 Å². The zero-order valence-electron chi connectivity index (χ0n) is 20.1. The molecule has 0 atom stereocenters. The summed E-state index contributed by atoms with van der Waals surface area (Å²) < 4.78 is 6.37. The molecule has 1 aromatic heterocycles. The van der Waals surface area contributed by atoms with Gasteiger partial charge < -0.3 is 4.57 Å². The van der Waals surface area contributed by atoms with Gasteiger partial charge in [0.1, 0.15) is 39.6 Å². The van der Waals surface area contributed by atoms with E-state index in [9.17, 15) is 0 Å². The minimum absolute atomic E-state index is 0. The lowest BCUT2D eigenvalue weighted by molar-refractivity contribution is -0.497. The molecule has 2 aliphatic heterocycles. The first kappa shape index (κ1) is 28.6. The zero-order chi connectivity index (χ0) is 22.5. The second-order valence-corrected chi connectivity index (χ2v) is 7.34. The molecule has 0 aliphatic carbocycles. The lowest BCUT2D eigenvalue weighted by atomic mass is 10.1. The van der Waals surface area contributed by atoms with Gasteiger partial charge in [0, 0.05) is 54.4 Å². The number of benzene rings is 2. The maximum Gasteiger partial charge on any atom is 0.142 e. The highest BCUT2D eigenvalue weighted by Gasteiger charge is 2.08. The highest BCUT2D eigenvalue weighted by Crippen LogP contribution is 2.24. The van der Waals surface area contributed by atoms with E-state index in [-0.39, 0.29) is 7.43 Å². The smallest absolute Gasteiger partial charge is 0.142 e. The third-order valence-electron chi connectivity index (χ3n) is 5.36. The molecule has 3 heteroatoms. The van der Waals surface area contributed by atoms with E-state index >= 15 is 0 Å². The summed E-state index contributed by atoms with van der Waals surface area (Å²) in [5.41, 5.74) is 1.27. The fraction of sp³-hybridized carbons (Fsp3) is 0.500. The van der Waals surface area contributed by atoms with Crippen LogP contribution < -0.4 is 5.35 Å². The van der Waals surface area contributed by atoms with Crippen LogP contribution in [0.5, 0.6) is 0 Å². The van der Waals surface area contributed by atoms with Crippen molar-refractivity contribution in [1.82, 2.24) is 4.57 Å². The van der Waals surface area contributed by atoms with E-state index in [4.69, 9.17) is 0 Å². The Morgan fingerprint density at radius 3 is 1.55 bits per heavy atom. The Labute approximate surface area is 191 Å². The standard InChI is InChI=1S/C13H11N.2C5H10N.2C2H6.CH4/c1-9-11-7-3-5-10-6-4-8-12(13(10)11)14(9)2;2*1-6-4-2-3-5-6;2*1-2;/h3-8H,1H2,2H3;2*1-5H2;2*1-2H3;1H4/q;2*+1;;;. The van der Waals surface area contributed by atoms with E-state index in [1.165, 1.54) is 73.5 Å². The second kappa shape index (κ2) is 15.4. The first-order valence-electron chi connectivity index (χ1n) is 11.6. The van der Waals surface area contributed by atoms with Gasteiger partial charge in [-0.1, -0.05) is 72.0 Å². The van der Waals surface area contributed by atoms with Crippen LogP contribution in [-0.2, 0) is 7.05 Å². The molecule has 2 saturated heterocycles. The molecule has 2 aliphatic rings. The minimum Gasteiger partial charge on any atom is -0.344 e. The Morgan fingerprint density at radius 1 is 0.742 bits per heavy atom. The summed E-state index contributed by atoms with van der Waals surface area (Å²) in [5, 5.41) is 4.99. The maximum absolute atomic E-state index is 4.10. The number of aryl methyl sites for hydroxylation is 1. The largest absolute Gasteiger partial charge is 0.344 e. The monoisotopic (exact) mass is 425 g/mol. The topological polar surface area (TPSA) is 10.9 Å². The van der Waals surface area contributed by atoms with Gasteiger partial charge in [-0.3, -0.25) is 0 Å². The fourth-order valence-electron chi connectivity index (χ4n) is 3.73. The van der Waals surface area contributed by atoms with Crippen molar-refractivity contribution in [2.75, 3.05) is 26.2 Å². The van der Waals surface area contributed by atoms with E-state index in [1.807, 2.05) is 27.7 Å². The van der Waals surface area contributed by atoms with E-state index < -0.39 is 0 Å². The number of rotatable bonds is 0. The van der Waals surface area contributed by atoms with E-state index in [0.717, 1.165) is 5.35 Å². The molecule has 0 unspecified atom stereocenters. The quantitative estimate of drug-likeness (QED) is 0.383. The van der Waals surface area contributed by atoms with Crippen LogP contribution in [0.3, 0.4) is 0 Å². The number of nitrogens with zero attached hydrogens (tertiary/aromatic N) is 3. The van der Waals surface area contributed by atoms with Crippen LogP contribution in [0.25, 0.3) is 28.3 Å². The van der Waals surface area contributed by atoms with Crippen LogP contribution in [-0.4, -0.2) is 53.3 Å². The van der Waals surface area contributed by atoms with Crippen molar-refractivity contribution in [3.8, 4) is 0 Å². The van der Waals surface area contributed by atoms with Crippen molar-refractivity contribution in [2.24, 2.45) is 7.05 Å². The molecule has 0 spiro atoms. The lowest BCUT2D eigenvalue weighted by Crippen LogP contribution is -2.09. The molecule has 2 fully saturated rings. The fourth-order valence-corrected chi connectivity index (χ4v) is 3.73. The molecule has 0 radical (unpaired) electrons. The van der Waals surface area contributed by atoms with E-state index in [1.54, 1.807) is 0 Å². The molecule has 172 valence electrons. The van der Waals surface area contributed by atoms with Crippen LogP contribution in [0.15, 0.2) is 36.4 Å². The summed E-state index contributed by atoms with van der Waals surface area (Å²) in [7, 11) is 2.07. The van der Waals surface area contributed by atoms with Crippen LogP contribution in [0.1, 0.15) is 60.8 Å². The molecule has 0 N–H and O–H groups in total. The van der Waals surface area contributed by atoms with Crippen molar-refractivity contribution in [1.29, 1.82) is 0 Å². The second-order valence-electron chi connectivity index (χ2n) is 7.34. The number of aromatic nitrogens is 1. The van der Waals surface area contributed by atoms with Crippen molar-refractivity contribution in [3.05, 3.63) is 41.7 Å². The van der Waals surface area contributed by atoms with E-state index in [0.29, 0.717) is 0 Å². The Bertz CT molecular complexity index is 924. The van der Waals surface area contributed by atoms with Crippen LogP contribution >= 0.6 is 0 Å². The Morgan fingerprint density at radius 2 is 1.16 bits per heavy atom. The Hall–Kier alpha value is -2.42. The summed E-state index contributed by atoms with van der Waals surface area (Å²) in [6, 6.07) is 12.8. The lowest BCUT2D eigenvalue weighted by Gasteiger charge is -1.97. The summed E-state index contributed by atoms with van der Waals surface area (Å²) >= 11 is 0. The maximum atomic E-state index is 4.10. The summed E-state index contributed by atoms with van der Waals surface area (Å²) in [6.45, 7) is 24.5. The van der Waals surface area contributed by atoms with Gasteiger partial charge in [0.05, 0.1) is 0 Å². The molecule has 0 bridgehead atoms. The third-order valence-corrected chi connectivity index (χ3v) is 5.36. The van der Waals surface area contributed by atoms with Gasteiger partial charge in [-0.2, -0.15) is 0 Å². The number of hydrogen-bond donors (Lipinski definition) is 0. The van der Waals surface area contributed by atoms with Gasteiger partial charge in [-0.05, 0) is 11.5 Å². The molecule has 0 saturated carbocycles. The minimum atomic E-state index is 0. The summed E-state index contributed by atoms with van der Waals surface area (Å²) in [6.07, 6.45) is 5.40. The molecule has 3 aromatic rings. The zero-order valence-corrected chi connectivity index (χ0v) is 20.1. The molecular formula is C28H47N3+2. The summed E-state index contributed by atoms with van der Waals surface area (Å²) in [4.78, 5) is 0. The molecule has 5 rings (SSSR count). The highest BCUT2D eigenvalue weighted by atomic mass is 15.0. The van der Waals surface area contributed by atoms with Gasteiger partial charge in [0.25, 0.3) is 0 Å². The van der Waals surface area contributed by atoms with Gasteiger partial charge in [0.2, 0.25) is 0 Å². The van der Waals surface area contributed by atoms with Crippen LogP contribution in [0.2, 0.25) is 0 Å². The molecule has 0 amide bonds. The summed E-state index contributed by atoms with van der Waals surface area (Å²) in [5.74, 6) is 0. The Balaban J connectivity index is 0.000000447. The van der Waals surface area contributed by atoms with Crippen molar-refractivity contribution >= 4 is 41.7 Å². The van der Waals surface area contributed by atoms with Gasteiger partial charge in [-0.25, -0.2) is 9.15 Å². The third kappa shape index (κ3) is 7.97. The molecule has 3 heterocycles. The number of hydrogen-bond acceptors (Lipinski definition) is 0. The normalized spacial score (nSPS) is 14.2. The average Bonchev–Trinajstić information content (AvgIpc) is 3.53. The van der Waals surface area contributed by atoms with E-state index in [2.05, 4.69) is 77.2 Å². The van der Waals surface area contributed by atoms with Gasteiger partial charge >= 0.3 is 0 Å². The van der Waals surface area contributed by atoms with Crippen molar-refractivity contribution < 1.29 is 9.15 Å². The molecular weight excluding hydrogens is 378 g/mol. The first-order valence-corrected chi connectivity index (χ1v) is 11.6. The van der Waals surface area contributed by atoms with Crippen LogP contribution in [0, 0.1) is 0 Å². The predicted molar refractivity (Wildman–Crippen MR) is 143 cm³/mol. The SMILES string of the molecule is C.C=[N+]1CCCC1.C=[N+]1CCCC1.C=c1c2cccc3cccc(c32)n1C.CC.CC. The van der Waals surface area contributed by atoms with Crippen LogP contribution in [0.4, 0.5) is 0 Å². The average molecular weight is 426 g/mol. The predicted octanol–water partition coefficient (Wildman–Crippen LogP) is 6.14. The Kier molecular flexibility index (Phi) is 14.2. The van der Waals surface area contributed by atoms with Crippen molar-refractivity contribution in [3.63, 3.8) is 0 Å². The molecule has 31 heavy (non-hydrogen) atoms. The van der Waals surface area contributed by atoms with Crippen molar-refractivity contribution in [2.45, 2.75) is 60.8 Å². The highest BCUT2D eigenvalue weighted by molar-refractivity contribution is 6.09. The first-order chi connectivity index (χ1) is 14.6. The molecule has 2 aromatic carbocycles. The molecule has 3 nitrogen and oxygen atoms in total.